The fraction of sp³-hybridized carbons (Fsp3) is 0.556. The number of hydrogen-bond acceptors (Lipinski definition) is 2. The maximum absolute atomic E-state index is 12.5. The summed E-state index contributed by atoms with van der Waals surface area (Å²) >= 11 is 0. The summed E-state index contributed by atoms with van der Waals surface area (Å²) in [6, 6.07) is 7.81. The van der Waals surface area contributed by atoms with E-state index in [0.29, 0.717) is 12.3 Å². The Balaban J connectivity index is 3.02. The fourth-order valence-electron chi connectivity index (χ4n) is 2.20. The predicted octanol–water partition coefficient (Wildman–Crippen LogP) is 3.91. The van der Waals surface area contributed by atoms with Crippen LogP contribution in [0.3, 0.4) is 0 Å². The molecule has 1 aromatic carbocycles. The van der Waals surface area contributed by atoms with Gasteiger partial charge in [-0.05, 0) is 29.5 Å². The highest BCUT2D eigenvalue weighted by Crippen LogP contribution is 2.22. The molecule has 0 heterocycles. The van der Waals surface area contributed by atoms with Gasteiger partial charge in [0.15, 0.2) is 0 Å². The van der Waals surface area contributed by atoms with Crippen LogP contribution in [-0.4, -0.2) is 23.5 Å². The Kier molecular flexibility index (Phi) is 6.60. The molecule has 0 fully saturated rings. The molecule has 0 radical (unpaired) electrons. The van der Waals surface area contributed by atoms with E-state index in [1.807, 2.05) is 38.1 Å². The van der Waals surface area contributed by atoms with Crippen molar-refractivity contribution in [1.82, 2.24) is 0 Å². The Morgan fingerprint density at radius 2 is 1.59 bits per heavy atom. The molecule has 0 aliphatic heterocycles. The number of carboxylic acids is 1. The Labute approximate surface area is 133 Å². The van der Waals surface area contributed by atoms with Crippen LogP contribution in [0.1, 0.15) is 52.5 Å². The molecule has 0 aromatic heterocycles. The minimum Gasteiger partial charge on any atom is -0.481 e. The van der Waals surface area contributed by atoms with Crippen molar-refractivity contribution in [2.24, 2.45) is 11.8 Å². The molecule has 0 aliphatic rings. The van der Waals surface area contributed by atoms with E-state index >= 15 is 0 Å². The lowest BCUT2D eigenvalue weighted by atomic mass is 10.0. The molecule has 4 nitrogen and oxygen atoms in total. The van der Waals surface area contributed by atoms with Gasteiger partial charge in [-0.1, -0.05) is 46.8 Å². The molecule has 1 amide bonds. The third-order valence-electron chi connectivity index (χ3n) is 3.63. The van der Waals surface area contributed by atoms with Crippen LogP contribution in [0.2, 0.25) is 0 Å². The Morgan fingerprint density at radius 1 is 1.05 bits per heavy atom. The van der Waals surface area contributed by atoms with Crippen molar-refractivity contribution in [3.05, 3.63) is 29.8 Å². The lowest BCUT2D eigenvalue weighted by Gasteiger charge is -2.26. The normalized spacial score (nSPS) is 12.5. The van der Waals surface area contributed by atoms with Crippen molar-refractivity contribution in [1.29, 1.82) is 0 Å². The van der Waals surface area contributed by atoms with Crippen LogP contribution >= 0.6 is 0 Å². The highest BCUT2D eigenvalue weighted by molar-refractivity contribution is 5.94. The molecule has 1 atom stereocenters. The van der Waals surface area contributed by atoms with Gasteiger partial charge in [-0.25, -0.2) is 0 Å². The maximum Gasteiger partial charge on any atom is 0.308 e. The number of aliphatic carboxylic acids is 1. The Hall–Kier alpha value is -1.84. The number of amides is 1. The van der Waals surface area contributed by atoms with Crippen molar-refractivity contribution in [3.63, 3.8) is 0 Å². The van der Waals surface area contributed by atoms with Gasteiger partial charge in [0.25, 0.3) is 0 Å². The van der Waals surface area contributed by atoms with E-state index in [0.717, 1.165) is 5.69 Å². The summed E-state index contributed by atoms with van der Waals surface area (Å²) in [4.78, 5) is 25.2. The first-order chi connectivity index (χ1) is 10.2. The quantitative estimate of drug-likeness (QED) is 0.831. The number of hydrogen-bond donors (Lipinski definition) is 1. The lowest BCUT2D eigenvalue weighted by molar-refractivity contribution is -0.140. The maximum atomic E-state index is 12.5. The molecule has 0 aliphatic carbocycles. The molecule has 1 N–H and O–H groups in total. The van der Waals surface area contributed by atoms with E-state index in [9.17, 15) is 9.59 Å². The topological polar surface area (TPSA) is 57.6 Å². The van der Waals surface area contributed by atoms with Gasteiger partial charge in [-0.3, -0.25) is 9.59 Å². The number of carboxylic acid groups (broad SMARTS) is 1. The van der Waals surface area contributed by atoms with Gasteiger partial charge in [0.05, 0.1) is 5.92 Å². The van der Waals surface area contributed by atoms with E-state index in [1.165, 1.54) is 5.56 Å². The average Bonchev–Trinajstić information content (AvgIpc) is 2.43. The molecule has 0 bridgehead atoms. The van der Waals surface area contributed by atoms with Crippen molar-refractivity contribution in [2.45, 2.75) is 47.0 Å². The number of nitrogens with zero attached hydrogens (tertiary/aromatic N) is 1. The van der Waals surface area contributed by atoms with Crippen molar-refractivity contribution < 1.29 is 14.7 Å². The zero-order valence-corrected chi connectivity index (χ0v) is 14.2. The minimum atomic E-state index is -0.888. The van der Waals surface area contributed by atoms with Gasteiger partial charge in [0.2, 0.25) is 5.91 Å². The van der Waals surface area contributed by atoms with Crippen LogP contribution < -0.4 is 4.90 Å². The highest BCUT2D eigenvalue weighted by atomic mass is 16.4. The number of benzene rings is 1. The third-order valence-corrected chi connectivity index (χ3v) is 3.63. The van der Waals surface area contributed by atoms with Gasteiger partial charge in [-0.2, -0.15) is 0 Å². The van der Waals surface area contributed by atoms with Crippen molar-refractivity contribution >= 4 is 17.6 Å². The molecule has 22 heavy (non-hydrogen) atoms. The Bertz CT molecular complexity index is 506. The van der Waals surface area contributed by atoms with Gasteiger partial charge >= 0.3 is 5.97 Å². The van der Waals surface area contributed by atoms with Crippen LogP contribution in [0.5, 0.6) is 0 Å². The summed E-state index contributed by atoms with van der Waals surface area (Å²) in [6.07, 6.45) is 0.415. The summed E-state index contributed by atoms with van der Waals surface area (Å²) < 4.78 is 0. The van der Waals surface area contributed by atoms with Gasteiger partial charge in [0.1, 0.15) is 0 Å². The summed E-state index contributed by atoms with van der Waals surface area (Å²) in [6.45, 7) is 10.0. The number of carbonyl (C=O) groups is 2. The van der Waals surface area contributed by atoms with Crippen molar-refractivity contribution in [3.8, 4) is 0 Å². The first-order valence-electron chi connectivity index (χ1n) is 7.85. The second-order valence-electron chi connectivity index (χ2n) is 6.59. The standard InChI is InChI=1S/C18H27NO3/c1-12(2)10-17(20)19(11-14(5)18(21)22)16-8-6-15(7-9-16)13(3)4/h6-9,12-14H,10-11H2,1-5H3,(H,21,22). The van der Waals surface area contributed by atoms with Gasteiger partial charge in [0, 0.05) is 18.7 Å². The molecule has 0 spiro atoms. The number of anilines is 1. The summed E-state index contributed by atoms with van der Waals surface area (Å²) in [5, 5.41) is 9.12. The van der Waals surface area contributed by atoms with E-state index in [4.69, 9.17) is 5.11 Å². The minimum absolute atomic E-state index is 0.0274. The molecule has 1 unspecified atom stereocenters. The number of carbonyl (C=O) groups excluding carboxylic acids is 1. The third kappa shape index (κ3) is 5.17. The molecule has 4 heteroatoms. The highest BCUT2D eigenvalue weighted by Gasteiger charge is 2.22. The van der Waals surface area contributed by atoms with Crippen molar-refractivity contribution in [2.75, 3.05) is 11.4 Å². The van der Waals surface area contributed by atoms with Crippen LogP contribution in [0.25, 0.3) is 0 Å². The van der Waals surface area contributed by atoms with E-state index < -0.39 is 11.9 Å². The Morgan fingerprint density at radius 3 is 2.00 bits per heavy atom. The molecule has 1 rings (SSSR count). The zero-order valence-electron chi connectivity index (χ0n) is 14.2. The largest absolute Gasteiger partial charge is 0.481 e. The SMILES string of the molecule is CC(C)CC(=O)N(CC(C)C(=O)O)c1ccc(C(C)C)cc1. The molecule has 1 aromatic rings. The summed E-state index contributed by atoms with van der Waals surface area (Å²) in [5.41, 5.74) is 1.97. The lowest BCUT2D eigenvalue weighted by Crippen LogP contribution is -2.37. The first kappa shape index (κ1) is 18.2. The average molecular weight is 305 g/mol. The smallest absolute Gasteiger partial charge is 0.308 e. The second-order valence-corrected chi connectivity index (χ2v) is 6.59. The van der Waals surface area contributed by atoms with Gasteiger partial charge in [-0.15, -0.1) is 0 Å². The van der Waals surface area contributed by atoms with Crippen LogP contribution in [0.4, 0.5) is 5.69 Å². The molecule has 0 saturated heterocycles. The predicted molar refractivity (Wildman–Crippen MR) is 89.1 cm³/mol. The van der Waals surface area contributed by atoms with Crippen LogP contribution in [-0.2, 0) is 9.59 Å². The molecular weight excluding hydrogens is 278 g/mol. The monoisotopic (exact) mass is 305 g/mol. The summed E-state index contributed by atoms with van der Waals surface area (Å²) in [5.74, 6) is -0.848. The fourth-order valence-corrected chi connectivity index (χ4v) is 2.20. The summed E-state index contributed by atoms with van der Waals surface area (Å²) in [7, 11) is 0. The number of rotatable bonds is 7. The van der Waals surface area contributed by atoms with E-state index in [-0.39, 0.29) is 18.4 Å². The van der Waals surface area contributed by atoms with E-state index in [2.05, 4.69) is 13.8 Å². The molecule has 122 valence electrons. The van der Waals surface area contributed by atoms with Crippen LogP contribution in [0.15, 0.2) is 24.3 Å². The molecule has 0 saturated carbocycles. The zero-order chi connectivity index (χ0) is 16.9. The first-order valence-corrected chi connectivity index (χ1v) is 7.85. The second kappa shape index (κ2) is 7.97. The van der Waals surface area contributed by atoms with Crippen LogP contribution in [0, 0.1) is 11.8 Å². The molecular formula is C18H27NO3. The van der Waals surface area contributed by atoms with Gasteiger partial charge < -0.3 is 10.0 Å². The van der Waals surface area contributed by atoms with E-state index in [1.54, 1.807) is 11.8 Å².